The van der Waals surface area contributed by atoms with E-state index in [1.54, 1.807) is 0 Å². The standard InChI is InChI=1S/C16H32N2O/c1-4-16(5-2)8-10-18(11-9-16)14(12-17)15-7-6-13(3)19-15/h13-15H,4-12,17H2,1-3H3. The Kier molecular flexibility index (Phi) is 5.27. The third-order valence-corrected chi connectivity index (χ3v) is 5.76. The Morgan fingerprint density at radius 3 is 2.26 bits per heavy atom. The van der Waals surface area contributed by atoms with Gasteiger partial charge in [0, 0.05) is 12.6 Å². The first-order valence-corrected chi connectivity index (χ1v) is 8.23. The highest BCUT2D eigenvalue weighted by molar-refractivity contribution is 4.91. The molecule has 0 aromatic heterocycles. The van der Waals surface area contributed by atoms with Gasteiger partial charge in [0.15, 0.2) is 0 Å². The number of hydrogen-bond acceptors (Lipinski definition) is 3. The Labute approximate surface area is 118 Å². The lowest BCUT2D eigenvalue weighted by Crippen LogP contribution is -2.52. The first-order chi connectivity index (χ1) is 9.14. The van der Waals surface area contributed by atoms with Crippen LogP contribution in [0, 0.1) is 5.41 Å². The van der Waals surface area contributed by atoms with Crippen molar-refractivity contribution >= 4 is 0 Å². The number of nitrogens with zero attached hydrogens (tertiary/aromatic N) is 1. The van der Waals surface area contributed by atoms with Gasteiger partial charge in [-0.2, -0.15) is 0 Å². The Bertz CT molecular complexity index is 268. The molecule has 0 bridgehead atoms. The maximum atomic E-state index is 6.05. The van der Waals surface area contributed by atoms with Crippen molar-refractivity contribution in [1.29, 1.82) is 0 Å². The van der Waals surface area contributed by atoms with E-state index in [-0.39, 0.29) is 0 Å². The summed E-state index contributed by atoms with van der Waals surface area (Å²) in [4.78, 5) is 2.60. The SMILES string of the molecule is CCC1(CC)CCN(C(CN)C2CCC(C)O2)CC1. The summed E-state index contributed by atoms with van der Waals surface area (Å²) in [7, 11) is 0. The van der Waals surface area contributed by atoms with E-state index < -0.39 is 0 Å². The summed E-state index contributed by atoms with van der Waals surface area (Å²) < 4.78 is 6.05. The summed E-state index contributed by atoms with van der Waals surface area (Å²) in [6, 6.07) is 0.441. The van der Waals surface area contributed by atoms with E-state index in [4.69, 9.17) is 10.5 Å². The molecule has 2 aliphatic heterocycles. The van der Waals surface area contributed by atoms with Crippen LogP contribution in [0.25, 0.3) is 0 Å². The Balaban J connectivity index is 1.91. The third-order valence-electron chi connectivity index (χ3n) is 5.76. The van der Waals surface area contributed by atoms with Crippen LogP contribution >= 0.6 is 0 Å². The van der Waals surface area contributed by atoms with Crippen LogP contribution in [0.5, 0.6) is 0 Å². The summed E-state index contributed by atoms with van der Waals surface area (Å²) in [6.07, 6.45) is 8.49. The van der Waals surface area contributed by atoms with Gasteiger partial charge < -0.3 is 10.5 Å². The number of ether oxygens (including phenoxy) is 1. The summed E-state index contributed by atoms with van der Waals surface area (Å²) in [5.41, 5.74) is 6.64. The monoisotopic (exact) mass is 268 g/mol. The van der Waals surface area contributed by atoms with Crippen molar-refractivity contribution in [1.82, 2.24) is 4.90 Å². The molecule has 112 valence electrons. The maximum Gasteiger partial charge on any atom is 0.0747 e. The fourth-order valence-electron chi connectivity index (χ4n) is 3.94. The number of piperidine rings is 1. The minimum absolute atomic E-state index is 0.371. The average molecular weight is 268 g/mol. The van der Waals surface area contributed by atoms with Crippen molar-refractivity contribution in [3.8, 4) is 0 Å². The molecule has 0 amide bonds. The second-order valence-electron chi connectivity index (χ2n) is 6.61. The lowest BCUT2D eigenvalue weighted by molar-refractivity contribution is -0.0251. The Morgan fingerprint density at radius 2 is 1.84 bits per heavy atom. The molecule has 3 heteroatoms. The summed E-state index contributed by atoms with van der Waals surface area (Å²) >= 11 is 0. The molecule has 2 heterocycles. The average Bonchev–Trinajstić information content (AvgIpc) is 2.87. The van der Waals surface area contributed by atoms with Crippen LogP contribution in [0.1, 0.15) is 59.3 Å². The molecule has 0 radical (unpaired) electrons. The van der Waals surface area contributed by atoms with Crippen LogP contribution in [0.2, 0.25) is 0 Å². The van der Waals surface area contributed by atoms with Crippen molar-refractivity contribution in [2.75, 3.05) is 19.6 Å². The highest BCUT2D eigenvalue weighted by Gasteiger charge is 2.37. The van der Waals surface area contributed by atoms with E-state index in [1.807, 2.05) is 0 Å². The molecule has 0 saturated carbocycles. The van der Waals surface area contributed by atoms with Crippen LogP contribution in [-0.2, 0) is 4.74 Å². The first kappa shape index (κ1) is 15.3. The number of nitrogens with two attached hydrogens (primary N) is 1. The zero-order valence-corrected chi connectivity index (χ0v) is 13.0. The second kappa shape index (κ2) is 6.55. The predicted molar refractivity (Wildman–Crippen MR) is 80.2 cm³/mol. The lowest BCUT2D eigenvalue weighted by atomic mass is 9.74. The lowest BCUT2D eigenvalue weighted by Gasteiger charge is -2.45. The summed E-state index contributed by atoms with van der Waals surface area (Å²) in [5.74, 6) is 0. The molecule has 0 aliphatic carbocycles. The van der Waals surface area contributed by atoms with Gasteiger partial charge in [-0.1, -0.05) is 26.7 Å². The number of hydrogen-bond donors (Lipinski definition) is 1. The van der Waals surface area contributed by atoms with Crippen LogP contribution < -0.4 is 5.73 Å². The fourth-order valence-corrected chi connectivity index (χ4v) is 3.94. The first-order valence-electron chi connectivity index (χ1n) is 8.23. The molecule has 0 spiro atoms. The van der Waals surface area contributed by atoms with Crippen molar-refractivity contribution in [2.45, 2.75) is 77.5 Å². The molecule has 19 heavy (non-hydrogen) atoms. The number of rotatable bonds is 5. The van der Waals surface area contributed by atoms with Crippen molar-refractivity contribution < 1.29 is 4.74 Å². The van der Waals surface area contributed by atoms with Crippen molar-refractivity contribution in [2.24, 2.45) is 11.1 Å². The van der Waals surface area contributed by atoms with Crippen LogP contribution in [0.15, 0.2) is 0 Å². The molecular weight excluding hydrogens is 236 g/mol. The van der Waals surface area contributed by atoms with Gasteiger partial charge in [-0.3, -0.25) is 4.90 Å². The van der Waals surface area contributed by atoms with E-state index >= 15 is 0 Å². The molecule has 2 N–H and O–H groups in total. The smallest absolute Gasteiger partial charge is 0.0747 e. The predicted octanol–water partition coefficient (Wildman–Crippen LogP) is 2.78. The van der Waals surface area contributed by atoms with E-state index in [0.29, 0.717) is 23.7 Å². The maximum absolute atomic E-state index is 6.05. The van der Waals surface area contributed by atoms with Gasteiger partial charge in [-0.05, 0) is 51.1 Å². The van der Waals surface area contributed by atoms with Gasteiger partial charge in [-0.15, -0.1) is 0 Å². The second-order valence-corrected chi connectivity index (χ2v) is 6.61. The zero-order valence-electron chi connectivity index (χ0n) is 13.0. The molecule has 0 aromatic rings. The van der Waals surface area contributed by atoms with Crippen LogP contribution in [0.4, 0.5) is 0 Å². The topological polar surface area (TPSA) is 38.5 Å². The molecule has 2 aliphatic rings. The molecule has 3 nitrogen and oxygen atoms in total. The molecule has 3 unspecified atom stereocenters. The quantitative estimate of drug-likeness (QED) is 0.833. The van der Waals surface area contributed by atoms with E-state index in [0.717, 1.165) is 6.54 Å². The summed E-state index contributed by atoms with van der Waals surface area (Å²) in [6.45, 7) is 10.0. The normalized spacial score (nSPS) is 33.5. The molecule has 2 saturated heterocycles. The van der Waals surface area contributed by atoms with Gasteiger partial charge in [-0.25, -0.2) is 0 Å². The van der Waals surface area contributed by atoms with Crippen molar-refractivity contribution in [3.05, 3.63) is 0 Å². The molecule has 2 fully saturated rings. The molecule has 0 aromatic carbocycles. The minimum Gasteiger partial charge on any atom is -0.374 e. The Morgan fingerprint density at radius 1 is 1.21 bits per heavy atom. The molecule has 2 rings (SSSR count). The van der Waals surface area contributed by atoms with E-state index in [9.17, 15) is 0 Å². The Hall–Kier alpha value is -0.120. The fraction of sp³-hybridized carbons (Fsp3) is 1.00. The summed E-state index contributed by atoms with van der Waals surface area (Å²) in [5, 5.41) is 0. The van der Waals surface area contributed by atoms with Crippen molar-refractivity contribution in [3.63, 3.8) is 0 Å². The number of likely N-dealkylation sites (tertiary alicyclic amines) is 1. The van der Waals surface area contributed by atoms with Crippen LogP contribution in [-0.4, -0.2) is 42.8 Å². The van der Waals surface area contributed by atoms with Gasteiger partial charge in [0.2, 0.25) is 0 Å². The highest BCUT2D eigenvalue weighted by Crippen LogP contribution is 2.39. The van der Waals surface area contributed by atoms with Gasteiger partial charge in [0.25, 0.3) is 0 Å². The van der Waals surface area contributed by atoms with Gasteiger partial charge in [0.05, 0.1) is 12.2 Å². The highest BCUT2D eigenvalue weighted by atomic mass is 16.5. The van der Waals surface area contributed by atoms with Gasteiger partial charge in [0.1, 0.15) is 0 Å². The zero-order chi connectivity index (χ0) is 13.9. The third kappa shape index (κ3) is 3.32. The van der Waals surface area contributed by atoms with E-state index in [1.165, 1.54) is 51.6 Å². The molecule has 3 atom stereocenters. The minimum atomic E-state index is 0.371. The molecular formula is C16H32N2O. The van der Waals surface area contributed by atoms with E-state index in [2.05, 4.69) is 25.7 Å². The van der Waals surface area contributed by atoms with Gasteiger partial charge >= 0.3 is 0 Å². The van der Waals surface area contributed by atoms with Crippen LogP contribution in [0.3, 0.4) is 0 Å². The largest absolute Gasteiger partial charge is 0.374 e.